The summed E-state index contributed by atoms with van der Waals surface area (Å²) in [6.45, 7) is 4.43. The van der Waals surface area contributed by atoms with Crippen LogP contribution >= 0.6 is 27.5 Å². The van der Waals surface area contributed by atoms with Gasteiger partial charge in [-0.05, 0) is 52.2 Å². The normalized spacial score (nSPS) is 10.8. The van der Waals surface area contributed by atoms with E-state index in [-0.39, 0.29) is 5.91 Å². The van der Waals surface area contributed by atoms with Gasteiger partial charge >= 0.3 is 0 Å². The molecule has 0 radical (unpaired) electrons. The molecular weight excluding hydrogens is 328 g/mol. The Labute approximate surface area is 128 Å². The topological polar surface area (TPSA) is 23.6 Å². The maximum atomic E-state index is 12.4. The van der Waals surface area contributed by atoms with Gasteiger partial charge in [-0.25, -0.2) is 0 Å². The highest BCUT2D eigenvalue weighted by Gasteiger charge is 2.14. The third-order valence-electron chi connectivity index (χ3n) is 2.81. The van der Waals surface area contributed by atoms with Crippen molar-refractivity contribution in [2.24, 2.45) is 0 Å². The highest BCUT2D eigenvalue weighted by Crippen LogP contribution is 2.20. The zero-order chi connectivity index (χ0) is 14.4. The molecule has 0 fully saturated rings. The third kappa shape index (κ3) is 5.51. The first-order chi connectivity index (χ1) is 8.93. The molecule has 0 atom stereocenters. The van der Waals surface area contributed by atoms with Crippen LogP contribution in [0.5, 0.6) is 0 Å². The van der Waals surface area contributed by atoms with Crippen LogP contribution in [0, 0.1) is 0 Å². The minimum atomic E-state index is 0.0319. The van der Waals surface area contributed by atoms with Gasteiger partial charge in [0, 0.05) is 28.1 Å². The lowest BCUT2D eigenvalue weighted by Gasteiger charge is -2.22. The Bertz CT molecular complexity index is 417. The van der Waals surface area contributed by atoms with Gasteiger partial charge in [0.05, 0.1) is 0 Å². The van der Waals surface area contributed by atoms with E-state index in [4.69, 9.17) is 11.6 Å². The maximum absolute atomic E-state index is 12.4. The summed E-state index contributed by atoms with van der Waals surface area (Å²) < 4.78 is 0.827. The molecule has 0 spiro atoms. The molecule has 0 unspecified atom stereocenters. The Morgan fingerprint density at radius 1 is 1.26 bits per heavy atom. The fourth-order valence-electron chi connectivity index (χ4n) is 1.84. The van der Waals surface area contributed by atoms with Crippen LogP contribution in [0.3, 0.4) is 0 Å². The Kier molecular flexibility index (Phi) is 6.83. The van der Waals surface area contributed by atoms with E-state index in [2.05, 4.69) is 20.8 Å². The van der Waals surface area contributed by atoms with E-state index in [1.54, 1.807) is 12.1 Å². The van der Waals surface area contributed by atoms with Gasteiger partial charge in [-0.1, -0.05) is 27.5 Å². The second kappa shape index (κ2) is 7.88. The quantitative estimate of drug-likeness (QED) is 0.786. The maximum Gasteiger partial charge on any atom is 0.253 e. The van der Waals surface area contributed by atoms with Crippen molar-refractivity contribution >= 4 is 33.4 Å². The molecule has 19 heavy (non-hydrogen) atoms. The Balaban J connectivity index is 2.72. The molecular formula is C14H20BrClN2O. The second-order valence-electron chi connectivity index (χ2n) is 4.70. The summed E-state index contributed by atoms with van der Waals surface area (Å²) in [6, 6.07) is 5.30. The van der Waals surface area contributed by atoms with Crippen LogP contribution in [-0.2, 0) is 0 Å². The van der Waals surface area contributed by atoms with E-state index < -0.39 is 0 Å². The molecule has 0 saturated carbocycles. The molecule has 106 valence electrons. The molecule has 0 aliphatic heterocycles. The van der Waals surface area contributed by atoms with Crippen LogP contribution in [0.15, 0.2) is 22.7 Å². The van der Waals surface area contributed by atoms with E-state index in [0.29, 0.717) is 17.1 Å². The van der Waals surface area contributed by atoms with Crippen molar-refractivity contribution in [2.45, 2.75) is 13.3 Å². The molecule has 0 aliphatic rings. The summed E-state index contributed by atoms with van der Waals surface area (Å²) in [5.41, 5.74) is 0.631. The van der Waals surface area contributed by atoms with E-state index in [9.17, 15) is 4.79 Å². The van der Waals surface area contributed by atoms with Gasteiger partial charge in [-0.15, -0.1) is 0 Å². The van der Waals surface area contributed by atoms with Crippen molar-refractivity contribution < 1.29 is 4.79 Å². The van der Waals surface area contributed by atoms with Crippen LogP contribution in [0.4, 0.5) is 0 Å². The molecule has 0 aromatic heterocycles. The van der Waals surface area contributed by atoms with Crippen molar-refractivity contribution in [1.29, 1.82) is 0 Å². The summed E-state index contributed by atoms with van der Waals surface area (Å²) in [5.74, 6) is 0.0319. The molecule has 0 bridgehead atoms. The lowest BCUT2D eigenvalue weighted by atomic mass is 10.2. The molecule has 0 saturated heterocycles. The lowest BCUT2D eigenvalue weighted by Crippen LogP contribution is -2.33. The summed E-state index contributed by atoms with van der Waals surface area (Å²) >= 11 is 9.34. The Morgan fingerprint density at radius 2 is 1.95 bits per heavy atom. The molecule has 1 aromatic carbocycles. The molecule has 0 N–H and O–H groups in total. The Hall–Kier alpha value is -0.580. The molecule has 1 amide bonds. The molecule has 0 aliphatic carbocycles. The van der Waals surface area contributed by atoms with Gasteiger partial charge in [0.1, 0.15) is 0 Å². The fraction of sp³-hybridized carbons (Fsp3) is 0.500. The molecule has 1 aromatic rings. The van der Waals surface area contributed by atoms with Gasteiger partial charge in [0.15, 0.2) is 0 Å². The average molecular weight is 348 g/mol. The highest BCUT2D eigenvalue weighted by atomic mass is 79.9. The van der Waals surface area contributed by atoms with Crippen molar-refractivity contribution in [1.82, 2.24) is 9.80 Å². The number of nitrogens with zero attached hydrogens (tertiary/aromatic N) is 2. The summed E-state index contributed by atoms with van der Waals surface area (Å²) in [5, 5.41) is 0.571. The SMILES string of the molecule is CCN(CCCN(C)C)C(=O)c1cc(Cl)cc(Br)c1. The van der Waals surface area contributed by atoms with Gasteiger partial charge in [0.2, 0.25) is 0 Å². The van der Waals surface area contributed by atoms with E-state index in [1.807, 2.05) is 32.0 Å². The van der Waals surface area contributed by atoms with Crippen molar-refractivity contribution in [3.63, 3.8) is 0 Å². The average Bonchev–Trinajstić information content (AvgIpc) is 2.32. The van der Waals surface area contributed by atoms with Crippen LogP contribution in [0.25, 0.3) is 0 Å². The summed E-state index contributed by atoms with van der Waals surface area (Å²) in [7, 11) is 4.07. The van der Waals surface area contributed by atoms with Crippen LogP contribution in [0.1, 0.15) is 23.7 Å². The predicted molar refractivity (Wildman–Crippen MR) is 83.9 cm³/mol. The first kappa shape index (κ1) is 16.5. The second-order valence-corrected chi connectivity index (χ2v) is 6.05. The van der Waals surface area contributed by atoms with Gasteiger partial charge < -0.3 is 9.80 Å². The number of carbonyl (C=O) groups is 1. The van der Waals surface area contributed by atoms with E-state index >= 15 is 0 Å². The largest absolute Gasteiger partial charge is 0.339 e. The highest BCUT2D eigenvalue weighted by molar-refractivity contribution is 9.10. The van der Waals surface area contributed by atoms with Crippen molar-refractivity contribution in [3.05, 3.63) is 33.3 Å². The lowest BCUT2D eigenvalue weighted by molar-refractivity contribution is 0.0759. The minimum Gasteiger partial charge on any atom is -0.339 e. The third-order valence-corrected chi connectivity index (χ3v) is 3.49. The number of halogens is 2. The standard InChI is InChI=1S/C14H20BrClN2O/c1-4-18(7-5-6-17(2)3)14(19)11-8-12(15)10-13(16)9-11/h8-10H,4-7H2,1-3H3. The number of rotatable bonds is 6. The zero-order valence-electron chi connectivity index (χ0n) is 11.6. The number of hydrogen-bond donors (Lipinski definition) is 0. The van der Waals surface area contributed by atoms with Crippen molar-refractivity contribution in [2.75, 3.05) is 33.7 Å². The minimum absolute atomic E-state index is 0.0319. The van der Waals surface area contributed by atoms with Gasteiger partial charge in [-0.3, -0.25) is 4.79 Å². The number of benzene rings is 1. The van der Waals surface area contributed by atoms with Gasteiger partial charge in [0.25, 0.3) is 5.91 Å². The fourth-order valence-corrected chi connectivity index (χ4v) is 2.70. The zero-order valence-corrected chi connectivity index (χ0v) is 14.0. The first-order valence-corrected chi connectivity index (χ1v) is 7.51. The molecule has 5 heteroatoms. The smallest absolute Gasteiger partial charge is 0.253 e. The van der Waals surface area contributed by atoms with Crippen LogP contribution in [0.2, 0.25) is 5.02 Å². The Morgan fingerprint density at radius 3 is 2.47 bits per heavy atom. The first-order valence-electron chi connectivity index (χ1n) is 6.34. The van der Waals surface area contributed by atoms with Crippen molar-refractivity contribution in [3.8, 4) is 0 Å². The van der Waals surface area contributed by atoms with E-state index in [0.717, 1.165) is 24.0 Å². The van der Waals surface area contributed by atoms with E-state index in [1.165, 1.54) is 0 Å². The number of hydrogen-bond acceptors (Lipinski definition) is 2. The van der Waals surface area contributed by atoms with Crippen LogP contribution < -0.4 is 0 Å². The predicted octanol–water partition coefficient (Wildman–Crippen LogP) is 3.52. The molecule has 0 heterocycles. The van der Waals surface area contributed by atoms with Crippen LogP contribution in [-0.4, -0.2) is 49.4 Å². The molecule has 3 nitrogen and oxygen atoms in total. The summed E-state index contributed by atoms with van der Waals surface area (Å²) in [6.07, 6.45) is 0.967. The summed E-state index contributed by atoms with van der Waals surface area (Å²) in [4.78, 5) is 16.4. The van der Waals surface area contributed by atoms with Gasteiger partial charge in [-0.2, -0.15) is 0 Å². The monoisotopic (exact) mass is 346 g/mol. The number of amides is 1. The molecule has 1 rings (SSSR count). The number of carbonyl (C=O) groups excluding carboxylic acids is 1.